The maximum absolute atomic E-state index is 13.5. The molecular weight excluding hydrogens is 445 g/mol. The molecule has 3 rings (SSSR count). The molecule has 0 aliphatic carbocycles. The number of likely N-dealkylation sites (tertiary alicyclic amines) is 1. The lowest BCUT2D eigenvalue weighted by atomic mass is 9.77. The largest absolute Gasteiger partial charge is 0.417 e. The van der Waals surface area contributed by atoms with Crippen molar-refractivity contribution in [2.75, 3.05) is 38.1 Å². The predicted octanol–water partition coefficient (Wildman–Crippen LogP) is 4.05. The van der Waals surface area contributed by atoms with Gasteiger partial charge in [-0.15, -0.1) is 0 Å². The fourth-order valence-electron chi connectivity index (χ4n) is 5.15. The zero-order valence-corrected chi connectivity index (χ0v) is 20.2. The third kappa shape index (κ3) is 5.16. The molecule has 2 amide bonds. The van der Waals surface area contributed by atoms with Gasteiger partial charge < -0.3 is 15.1 Å². The number of halogens is 3. The van der Waals surface area contributed by atoms with Crippen LogP contribution in [0.5, 0.6) is 0 Å². The molecule has 34 heavy (non-hydrogen) atoms. The van der Waals surface area contributed by atoms with Crippen molar-refractivity contribution in [3.8, 4) is 6.07 Å². The highest BCUT2D eigenvalue weighted by atomic mass is 19.4. The Bertz CT molecular complexity index is 962. The summed E-state index contributed by atoms with van der Waals surface area (Å²) in [5.74, 6) is -0.165. The van der Waals surface area contributed by atoms with Crippen LogP contribution in [0.2, 0.25) is 0 Å². The predicted molar refractivity (Wildman–Crippen MR) is 123 cm³/mol. The summed E-state index contributed by atoms with van der Waals surface area (Å²) in [7, 11) is 1.57. The number of benzene rings is 1. The monoisotopic (exact) mass is 478 g/mol. The number of nitrogens with zero attached hydrogens (tertiary/aromatic N) is 3. The standard InChI is InChI=1S/C25H33F3N4O2/c1-5-24(2,3)23(34)31-10-8-16(9-11-31)19-14-32(15-20(19)22(33)30-4)18-7-6-17(13-29)21(12-18)25(26,27)28/h6-7,12,16,19-20H,5,8-11,14-15H2,1-4H3,(H,30,33)/t19-,20+/m0/s1. The van der Waals surface area contributed by atoms with Gasteiger partial charge in [0.25, 0.3) is 0 Å². The van der Waals surface area contributed by atoms with Gasteiger partial charge in [-0.1, -0.05) is 20.8 Å². The smallest absolute Gasteiger partial charge is 0.370 e. The van der Waals surface area contributed by atoms with Gasteiger partial charge in [-0.3, -0.25) is 9.59 Å². The molecule has 2 aliphatic heterocycles. The van der Waals surface area contributed by atoms with E-state index in [4.69, 9.17) is 5.26 Å². The molecule has 0 saturated carbocycles. The van der Waals surface area contributed by atoms with Gasteiger partial charge in [-0.05, 0) is 49.3 Å². The molecule has 1 N–H and O–H groups in total. The fraction of sp³-hybridized carbons (Fsp3) is 0.640. The van der Waals surface area contributed by atoms with Crippen molar-refractivity contribution in [2.45, 2.75) is 46.2 Å². The van der Waals surface area contributed by atoms with Gasteiger partial charge in [0.05, 0.1) is 23.1 Å². The first-order valence-corrected chi connectivity index (χ1v) is 11.8. The minimum Gasteiger partial charge on any atom is -0.370 e. The number of carbonyl (C=O) groups is 2. The highest BCUT2D eigenvalue weighted by molar-refractivity contribution is 5.82. The van der Waals surface area contributed by atoms with Gasteiger partial charge >= 0.3 is 6.18 Å². The average Bonchev–Trinajstić information content (AvgIpc) is 3.27. The molecule has 0 spiro atoms. The van der Waals surface area contributed by atoms with E-state index in [0.717, 1.165) is 25.3 Å². The van der Waals surface area contributed by atoms with Crippen molar-refractivity contribution in [1.29, 1.82) is 5.26 Å². The van der Waals surface area contributed by atoms with Crippen LogP contribution in [0.25, 0.3) is 0 Å². The molecule has 186 valence electrons. The molecule has 0 aromatic heterocycles. The number of hydrogen-bond acceptors (Lipinski definition) is 4. The van der Waals surface area contributed by atoms with E-state index in [1.54, 1.807) is 13.1 Å². The van der Waals surface area contributed by atoms with Gasteiger partial charge in [-0.2, -0.15) is 18.4 Å². The van der Waals surface area contributed by atoms with Crippen LogP contribution in [0, 0.1) is 34.5 Å². The normalized spacial score (nSPS) is 21.9. The zero-order valence-electron chi connectivity index (χ0n) is 20.2. The highest BCUT2D eigenvalue weighted by Crippen LogP contribution is 2.40. The molecule has 6 nitrogen and oxygen atoms in total. The van der Waals surface area contributed by atoms with Gasteiger partial charge in [0, 0.05) is 44.3 Å². The van der Waals surface area contributed by atoms with Crippen molar-refractivity contribution in [2.24, 2.45) is 23.2 Å². The topological polar surface area (TPSA) is 76.4 Å². The lowest BCUT2D eigenvalue weighted by Crippen LogP contribution is -2.47. The molecule has 0 bridgehead atoms. The van der Waals surface area contributed by atoms with Crippen LogP contribution in [0.15, 0.2) is 18.2 Å². The number of hydrogen-bond donors (Lipinski definition) is 1. The van der Waals surface area contributed by atoms with E-state index in [1.165, 1.54) is 12.1 Å². The van der Waals surface area contributed by atoms with Crippen molar-refractivity contribution in [3.05, 3.63) is 29.3 Å². The SMILES string of the molecule is CCC(C)(C)C(=O)N1CCC([C@@H]2CN(c3ccc(C#N)c(C(F)(F)F)c3)C[C@H]2C(=O)NC)CC1. The maximum Gasteiger partial charge on any atom is 0.417 e. The number of carbonyl (C=O) groups excluding carboxylic acids is 2. The van der Waals surface area contributed by atoms with E-state index >= 15 is 0 Å². The summed E-state index contributed by atoms with van der Waals surface area (Å²) in [6, 6.07) is 5.33. The van der Waals surface area contributed by atoms with E-state index in [2.05, 4.69) is 5.32 Å². The summed E-state index contributed by atoms with van der Waals surface area (Å²) in [5, 5.41) is 11.8. The first-order chi connectivity index (χ1) is 15.9. The van der Waals surface area contributed by atoms with Crippen LogP contribution in [0.1, 0.15) is 51.2 Å². The number of rotatable bonds is 5. The number of amides is 2. The third-order valence-electron chi connectivity index (χ3n) is 7.64. The van der Waals surface area contributed by atoms with Crippen LogP contribution in [-0.2, 0) is 15.8 Å². The molecule has 2 aliphatic rings. The minimum atomic E-state index is -4.63. The van der Waals surface area contributed by atoms with Crippen LogP contribution < -0.4 is 10.2 Å². The van der Waals surface area contributed by atoms with E-state index in [9.17, 15) is 22.8 Å². The Balaban J connectivity index is 1.79. The number of alkyl halides is 3. The first-order valence-electron chi connectivity index (χ1n) is 11.8. The van der Waals surface area contributed by atoms with Crippen molar-refractivity contribution < 1.29 is 22.8 Å². The van der Waals surface area contributed by atoms with E-state index in [-0.39, 0.29) is 29.6 Å². The van der Waals surface area contributed by atoms with Gasteiger partial charge in [0.1, 0.15) is 0 Å². The fourth-order valence-corrected chi connectivity index (χ4v) is 5.15. The molecule has 0 unspecified atom stereocenters. The average molecular weight is 479 g/mol. The van der Waals surface area contributed by atoms with Crippen molar-refractivity contribution >= 4 is 17.5 Å². The Morgan fingerprint density at radius 3 is 2.35 bits per heavy atom. The minimum absolute atomic E-state index is 0.0265. The molecule has 2 saturated heterocycles. The summed E-state index contributed by atoms with van der Waals surface area (Å²) in [6.45, 7) is 7.92. The number of piperidine rings is 1. The Hall–Kier alpha value is -2.76. The van der Waals surface area contributed by atoms with E-state index < -0.39 is 22.7 Å². The molecule has 2 atom stereocenters. The lowest BCUT2D eigenvalue weighted by molar-refractivity contribution is -0.142. The number of anilines is 1. The molecular formula is C25H33F3N4O2. The molecule has 1 aromatic carbocycles. The van der Waals surface area contributed by atoms with Gasteiger partial charge in [0.2, 0.25) is 11.8 Å². The lowest BCUT2D eigenvalue weighted by Gasteiger charge is -2.39. The second kappa shape index (κ2) is 9.85. The summed E-state index contributed by atoms with van der Waals surface area (Å²) in [4.78, 5) is 29.2. The zero-order chi connectivity index (χ0) is 25.3. The van der Waals surface area contributed by atoms with Gasteiger partial charge in [-0.25, -0.2) is 0 Å². The quantitative estimate of drug-likeness (QED) is 0.693. The number of nitrogens with one attached hydrogen (secondary N) is 1. The summed E-state index contributed by atoms with van der Waals surface area (Å²) in [6.07, 6.45) is -2.35. The summed E-state index contributed by atoms with van der Waals surface area (Å²) in [5.41, 5.74) is -1.42. The van der Waals surface area contributed by atoms with Gasteiger partial charge in [0.15, 0.2) is 0 Å². The molecule has 0 radical (unpaired) electrons. The van der Waals surface area contributed by atoms with Crippen LogP contribution >= 0.6 is 0 Å². The second-order valence-electron chi connectivity index (χ2n) is 10.00. The van der Waals surface area contributed by atoms with E-state index in [1.807, 2.05) is 30.6 Å². The molecule has 9 heteroatoms. The van der Waals surface area contributed by atoms with Crippen molar-refractivity contribution in [1.82, 2.24) is 10.2 Å². The van der Waals surface area contributed by atoms with Crippen LogP contribution in [-0.4, -0.2) is 49.9 Å². The van der Waals surface area contributed by atoms with E-state index in [0.29, 0.717) is 31.9 Å². The Kier molecular flexibility index (Phi) is 7.49. The Labute approximate surface area is 199 Å². The van der Waals surface area contributed by atoms with Crippen molar-refractivity contribution in [3.63, 3.8) is 0 Å². The molecule has 1 aromatic rings. The molecule has 2 fully saturated rings. The highest BCUT2D eigenvalue weighted by Gasteiger charge is 2.44. The van der Waals surface area contributed by atoms with Crippen LogP contribution in [0.3, 0.4) is 0 Å². The summed E-state index contributed by atoms with van der Waals surface area (Å²) < 4.78 is 40.4. The Morgan fingerprint density at radius 2 is 1.82 bits per heavy atom. The Morgan fingerprint density at radius 1 is 1.18 bits per heavy atom. The maximum atomic E-state index is 13.5. The molecule has 2 heterocycles. The van der Waals surface area contributed by atoms with Crippen LogP contribution in [0.4, 0.5) is 18.9 Å². The number of nitriles is 1. The third-order valence-corrected chi connectivity index (χ3v) is 7.64. The first kappa shape index (κ1) is 25.9. The second-order valence-corrected chi connectivity index (χ2v) is 10.00. The summed E-state index contributed by atoms with van der Waals surface area (Å²) >= 11 is 0.